The first kappa shape index (κ1) is 12.2. The fourth-order valence-electron chi connectivity index (χ4n) is 2.34. The molecule has 0 heterocycles. The fraction of sp³-hybridized carbons (Fsp3) is 0.312. The van der Waals surface area contributed by atoms with Gasteiger partial charge >= 0.3 is 0 Å². The van der Waals surface area contributed by atoms with Crippen molar-refractivity contribution in [3.8, 4) is 0 Å². The largest absolute Gasteiger partial charge is 0.387 e. The number of carbonyl (C=O) groups is 1. The van der Waals surface area contributed by atoms with Crippen LogP contribution in [-0.2, 0) is 4.79 Å². The van der Waals surface area contributed by atoms with Gasteiger partial charge in [-0.25, -0.2) is 0 Å². The van der Waals surface area contributed by atoms with Gasteiger partial charge in [0.25, 0.3) is 0 Å². The standard InChI is InChI=1S/C16H17NO2/c18-15(10-17-16(19)12-8-9-12)14-7-3-5-11-4-1-2-6-13(11)14/h1-7,12,15,18H,8-10H2,(H,17,19). The molecule has 1 aliphatic carbocycles. The topological polar surface area (TPSA) is 49.3 Å². The molecule has 0 aromatic heterocycles. The summed E-state index contributed by atoms with van der Waals surface area (Å²) < 4.78 is 0. The van der Waals surface area contributed by atoms with E-state index in [1.165, 1.54) is 0 Å². The average Bonchev–Trinajstić information content (AvgIpc) is 3.28. The van der Waals surface area contributed by atoms with Crippen LogP contribution in [0.25, 0.3) is 10.8 Å². The van der Waals surface area contributed by atoms with E-state index in [4.69, 9.17) is 0 Å². The van der Waals surface area contributed by atoms with Crippen LogP contribution >= 0.6 is 0 Å². The maximum Gasteiger partial charge on any atom is 0.223 e. The molecule has 3 rings (SSSR count). The van der Waals surface area contributed by atoms with Gasteiger partial charge in [-0.2, -0.15) is 0 Å². The third-order valence-electron chi connectivity index (χ3n) is 3.60. The number of fused-ring (bicyclic) bond motifs is 1. The second-order valence-corrected chi connectivity index (χ2v) is 5.10. The number of nitrogens with one attached hydrogen (secondary N) is 1. The molecule has 0 saturated heterocycles. The summed E-state index contributed by atoms with van der Waals surface area (Å²) in [5.74, 6) is 0.249. The summed E-state index contributed by atoms with van der Waals surface area (Å²) in [7, 11) is 0. The molecular weight excluding hydrogens is 238 g/mol. The van der Waals surface area contributed by atoms with E-state index >= 15 is 0 Å². The van der Waals surface area contributed by atoms with Crippen LogP contribution in [0.15, 0.2) is 42.5 Å². The minimum Gasteiger partial charge on any atom is -0.387 e. The predicted molar refractivity (Wildman–Crippen MR) is 74.6 cm³/mol. The number of aliphatic hydroxyl groups excluding tert-OH is 1. The lowest BCUT2D eigenvalue weighted by molar-refractivity contribution is -0.122. The first-order valence-electron chi connectivity index (χ1n) is 6.69. The quantitative estimate of drug-likeness (QED) is 0.881. The summed E-state index contributed by atoms with van der Waals surface area (Å²) in [6.45, 7) is 0.281. The molecule has 0 spiro atoms. The zero-order valence-corrected chi connectivity index (χ0v) is 10.7. The highest BCUT2D eigenvalue weighted by molar-refractivity contribution is 5.86. The van der Waals surface area contributed by atoms with Gasteiger partial charge in [-0.15, -0.1) is 0 Å². The number of benzene rings is 2. The minimum atomic E-state index is -0.659. The lowest BCUT2D eigenvalue weighted by atomic mass is 10.0. The van der Waals surface area contributed by atoms with E-state index in [-0.39, 0.29) is 18.4 Å². The molecule has 0 bridgehead atoms. The highest BCUT2D eigenvalue weighted by Crippen LogP contribution is 2.29. The molecule has 0 aliphatic heterocycles. The minimum absolute atomic E-state index is 0.0688. The highest BCUT2D eigenvalue weighted by atomic mass is 16.3. The van der Waals surface area contributed by atoms with Crippen molar-refractivity contribution in [2.24, 2.45) is 5.92 Å². The zero-order valence-electron chi connectivity index (χ0n) is 10.7. The van der Waals surface area contributed by atoms with Crippen LogP contribution in [0, 0.1) is 5.92 Å². The molecule has 3 nitrogen and oxygen atoms in total. The van der Waals surface area contributed by atoms with Crippen LogP contribution in [0.3, 0.4) is 0 Å². The Labute approximate surface area is 112 Å². The summed E-state index contributed by atoms with van der Waals surface area (Å²) in [6.07, 6.45) is 1.31. The lowest BCUT2D eigenvalue weighted by Gasteiger charge is -2.14. The van der Waals surface area contributed by atoms with Gasteiger partial charge in [0.2, 0.25) is 5.91 Å². The molecule has 2 aromatic rings. The Morgan fingerprint density at radius 2 is 1.95 bits per heavy atom. The molecule has 3 heteroatoms. The van der Waals surface area contributed by atoms with E-state index in [1.807, 2.05) is 42.5 Å². The summed E-state index contributed by atoms with van der Waals surface area (Å²) >= 11 is 0. The summed E-state index contributed by atoms with van der Waals surface area (Å²) in [5.41, 5.74) is 0.870. The van der Waals surface area contributed by atoms with Crippen LogP contribution in [0.5, 0.6) is 0 Å². The van der Waals surface area contributed by atoms with E-state index < -0.39 is 6.10 Å². The molecule has 98 valence electrons. The van der Waals surface area contributed by atoms with Gasteiger partial charge in [0.15, 0.2) is 0 Å². The van der Waals surface area contributed by atoms with Crippen molar-refractivity contribution in [3.63, 3.8) is 0 Å². The van der Waals surface area contributed by atoms with E-state index in [2.05, 4.69) is 5.32 Å². The number of aliphatic hydroxyl groups is 1. The molecule has 0 radical (unpaired) electrons. The van der Waals surface area contributed by atoms with Crippen LogP contribution in [-0.4, -0.2) is 17.6 Å². The smallest absolute Gasteiger partial charge is 0.223 e. The molecule has 1 saturated carbocycles. The first-order chi connectivity index (χ1) is 9.25. The zero-order chi connectivity index (χ0) is 13.2. The third-order valence-corrected chi connectivity index (χ3v) is 3.60. The summed E-state index contributed by atoms with van der Waals surface area (Å²) in [6, 6.07) is 13.8. The number of carbonyl (C=O) groups excluding carboxylic acids is 1. The van der Waals surface area contributed by atoms with Gasteiger partial charge in [-0.3, -0.25) is 4.79 Å². The van der Waals surface area contributed by atoms with Crippen molar-refractivity contribution in [1.29, 1.82) is 0 Å². The van der Waals surface area contributed by atoms with Crippen molar-refractivity contribution < 1.29 is 9.90 Å². The second kappa shape index (κ2) is 5.02. The first-order valence-corrected chi connectivity index (χ1v) is 6.69. The van der Waals surface area contributed by atoms with Crippen molar-refractivity contribution in [2.75, 3.05) is 6.54 Å². The number of rotatable bonds is 4. The van der Waals surface area contributed by atoms with Crippen molar-refractivity contribution in [1.82, 2.24) is 5.32 Å². The summed E-state index contributed by atoms with van der Waals surface area (Å²) in [5, 5.41) is 15.2. The van der Waals surface area contributed by atoms with Crippen LogP contribution in [0.4, 0.5) is 0 Å². The van der Waals surface area contributed by atoms with Gasteiger partial charge in [0, 0.05) is 12.5 Å². The average molecular weight is 255 g/mol. The van der Waals surface area contributed by atoms with Gasteiger partial charge in [-0.1, -0.05) is 42.5 Å². The van der Waals surface area contributed by atoms with E-state index in [1.54, 1.807) is 0 Å². The van der Waals surface area contributed by atoms with Crippen LogP contribution < -0.4 is 5.32 Å². The lowest BCUT2D eigenvalue weighted by Crippen LogP contribution is -2.29. The Hall–Kier alpha value is -1.87. The Morgan fingerprint density at radius 3 is 2.74 bits per heavy atom. The van der Waals surface area contributed by atoms with Crippen LogP contribution in [0.2, 0.25) is 0 Å². The van der Waals surface area contributed by atoms with Crippen molar-refractivity contribution in [3.05, 3.63) is 48.0 Å². The van der Waals surface area contributed by atoms with Crippen molar-refractivity contribution >= 4 is 16.7 Å². The maximum atomic E-state index is 11.6. The molecule has 1 aliphatic rings. The van der Waals surface area contributed by atoms with Crippen molar-refractivity contribution in [2.45, 2.75) is 18.9 Å². The Balaban J connectivity index is 1.77. The molecule has 1 unspecified atom stereocenters. The number of hydrogen-bond donors (Lipinski definition) is 2. The van der Waals surface area contributed by atoms with E-state index in [9.17, 15) is 9.90 Å². The Bertz CT molecular complexity index is 599. The molecule has 2 N–H and O–H groups in total. The number of amides is 1. The molecule has 19 heavy (non-hydrogen) atoms. The molecule has 1 amide bonds. The Morgan fingerprint density at radius 1 is 1.21 bits per heavy atom. The molecule has 2 aromatic carbocycles. The normalized spacial score (nSPS) is 16.3. The van der Waals surface area contributed by atoms with E-state index in [0.717, 1.165) is 29.2 Å². The second-order valence-electron chi connectivity index (χ2n) is 5.10. The SMILES string of the molecule is O=C(NCC(O)c1cccc2ccccc12)C1CC1. The molecule has 1 atom stereocenters. The third kappa shape index (κ3) is 2.61. The predicted octanol–water partition coefficient (Wildman–Crippen LogP) is 2.40. The van der Waals surface area contributed by atoms with Crippen LogP contribution in [0.1, 0.15) is 24.5 Å². The molecule has 1 fully saturated rings. The fourth-order valence-corrected chi connectivity index (χ4v) is 2.34. The maximum absolute atomic E-state index is 11.6. The Kier molecular flexibility index (Phi) is 3.22. The highest BCUT2D eigenvalue weighted by Gasteiger charge is 2.29. The van der Waals surface area contributed by atoms with Gasteiger partial charge in [0.05, 0.1) is 6.10 Å². The van der Waals surface area contributed by atoms with E-state index in [0.29, 0.717) is 0 Å². The summed E-state index contributed by atoms with van der Waals surface area (Å²) in [4.78, 5) is 11.6. The van der Waals surface area contributed by atoms with Gasteiger partial charge < -0.3 is 10.4 Å². The van der Waals surface area contributed by atoms with Gasteiger partial charge in [0.1, 0.15) is 0 Å². The number of hydrogen-bond acceptors (Lipinski definition) is 2. The molecular formula is C16H17NO2. The van der Waals surface area contributed by atoms with Gasteiger partial charge in [-0.05, 0) is 29.2 Å². The monoisotopic (exact) mass is 255 g/mol.